The maximum atomic E-state index is 3.94. The summed E-state index contributed by atoms with van der Waals surface area (Å²) >= 11 is 0. The van der Waals surface area contributed by atoms with Gasteiger partial charge in [-0.05, 0) is 18.1 Å². The number of hydrogen-bond donors (Lipinski definition) is 0. The van der Waals surface area contributed by atoms with E-state index in [0.29, 0.717) is 0 Å². The highest BCUT2D eigenvalue weighted by Crippen LogP contribution is 2.03. The number of nitrogens with zero attached hydrogens (tertiary/aromatic N) is 1. The van der Waals surface area contributed by atoms with Crippen LogP contribution in [0.15, 0.2) is 42.0 Å². The summed E-state index contributed by atoms with van der Waals surface area (Å²) in [5, 5.41) is 0. The Bertz CT molecular complexity index is 274. The largest absolute Gasteiger partial charge is 0.265 e. The van der Waals surface area contributed by atoms with E-state index in [-0.39, 0.29) is 0 Å². The summed E-state index contributed by atoms with van der Waals surface area (Å²) in [5.74, 6) is 0. The first-order valence-electron chi connectivity index (χ1n) is 4.54. The van der Waals surface area contributed by atoms with Crippen LogP contribution in [0.5, 0.6) is 0 Å². The highest BCUT2D eigenvalue weighted by molar-refractivity contribution is 5.81. The van der Waals surface area contributed by atoms with Gasteiger partial charge in [0.05, 0.1) is 0 Å². The van der Waals surface area contributed by atoms with Crippen molar-refractivity contribution >= 4 is 6.21 Å². The molecule has 0 aliphatic rings. The molecule has 0 heterocycles. The lowest BCUT2D eigenvalue weighted by Crippen LogP contribution is -1.83. The van der Waals surface area contributed by atoms with Crippen molar-refractivity contribution in [1.82, 2.24) is 0 Å². The zero-order chi connectivity index (χ0) is 10.1. The fraction of sp³-hybridized carbons (Fsp3) is 0.250. The van der Waals surface area contributed by atoms with Crippen LogP contribution in [0.25, 0.3) is 0 Å². The summed E-state index contributed by atoms with van der Waals surface area (Å²) in [5.41, 5.74) is 2.38. The summed E-state index contributed by atoms with van der Waals surface area (Å²) in [6, 6.07) is 8.10. The molecule has 1 aromatic carbocycles. The molecule has 0 atom stereocenters. The van der Waals surface area contributed by atoms with Gasteiger partial charge in [0.15, 0.2) is 0 Å². The van der Waals surface area contributed by atoms with Crippen molar-refractivity contribution in [3.8, 4) is 0 Å². The van der Waals surface area contributed by atoms with Crippen LogP contribution in [0, 0.1) is 6.92 Å². The van der Waals surface area contributed by atoms with E-state index in [9.17, 15) is 0 Å². The van der Waals surface area contributed by atoms with Gasteiger partial charge in [-0.3, -0.25) is 4.99 Å². The highest BCUT2D eigenvalue weighted by atomic mass is 14.7. The first-order chi connectivity index (χ1) is 6.34. The molecule has 1 nitrogen and oxygen atoms in total. The van der Waals surface area contributed by atoms with E-state index in [2.05, 4.69) is 24.6 Å². The summed E-state index contributed by atoms with van der Waals surface area (Å²) in [7, 11) is 0. The Kier molecular flexibility index (Phi) is 6.52. The van der Waals surface area contributed by atoms with Gasteiger partial charge < -0.3 is 0 Å². The highest BCUT2D eigenvalue weighted by Gasteiger charge is 1.89. The predicted molar refractivity (Wildman–Crippen MR) is 60.3 cm³/mol. The minimum absolute atomic E-state index is 1.15. The van der Waals surface area contributed by atoms with Crippen molar-refractivity contribution in [1.29, 1.82) is 0 Å². The standard InChI is InChI=1S/C10H11N.C2H6/c1-3-11-8-10-7-5-4-6-9(10)2;1-2/h3-8H,1H2,2H3;1-2H3. The molecule has 13 heavy (non-hydrogen) atoms. The van der Waals surface area contributed by atoms with E-state index in [1.807, 2.05) is 38.3 Å². The van der Waals surface area contributed by atoms with Gasteiger partial charge in [-0.1, -0.05) is 44.7 Å². The van der Waals surface area contributed by atoms with Crippen molar-refractivity contribution in [2.75, 3.05) is 0 Å². The van der Waals surface area contributed by atoms with E-state index in [1.54, 1.807) is 0 Å². The molecule has 1 aromatic rings. The van der Waals surface area contributed by atoms with Crippen LogP contribution < -0.4 is 0 Å². The normalized spacial score (nSPS) is 9.15. The third-order valence-corrected chi connectivity index (χ3v) is 1.51. The van der Waals surface area contributed by atoms with Gasteiger partial charge in [0.2, 0.25) is 0 Å². The van der Waals surface area contributed by atoms with Crippen LogP contribution in [0.3, 0.4) is 0 Å². The molecule has 0 N–H and O–H groups in total. The summed E-state index contributed by atoms with van der Waals surface area (Å²) in [6.07, 6.45) is 3.34. The molecule has 0 aliphatic carbocycles. The monoisotopic (exact) mass is 175 g/mol. The van der Waals surface area contributed by atoms with Crippen molar-refractivity contribution in [3.05, 3.63) is 48.2 Å². The van der Waals surface area contributed by atoms with E-state index < -0.39 is 0 Å². The maximum absolute atomic E-state index is 3.94. The van der Waals surface area contributed by atoms with E-state index in [4.69, 9.17) is 0 Å². The third-order valence-electron chi connectivity index (χ3n) is 1.51. The van der Waals surface area contributed by atoms with Gasteiger partial charge in [0.1, 0.15) is 0 Å². The van der Waals surface area contributed by atoms with Crippen LogP contribution >= 0.6 is 0 Å². The minimum atomic E-state index is 1.15. The SMILES string of the molecule is C=CN=Cc1ccccc1C.CC. The van der Waals surface area contributed by atoms with Crippen molar-refractivity contribution in [2.45, 2.75) is 20.8 Å². The second-order valence-corrected chi connectivity index (χ2v) is 2.32. The molecular formula is C12H17N. The summed E-state index contributed by atoms with van der Waals surface area (Å²) in [4.78, 5) is 3.94. The molecule has 0 unspecified atom stereocenters. The average molecular weight is 175 g/mol. The molecule has 0 bridgehead atoms. The molecule has 0 aliphatic heterocycles. The molecule has 0 spiro atoms. The lowest BCUT2D eigenvalue weighted by atomic mass is 10.1. The quantitative estimate of drug-likeness (QED) is 0.609. The Morgan fingerprint density at radius 1 is 1.23 bits per heavy atom. The lowest BCUT2D eigenvalue weighted by Gasteiger charge is -1.95. The Hall–Kier alpha value is -1.37. The van der Waals surface area contributed by atoms with Gasteiger partial charge in [-0.15, -0.1) is 0 Å². The molecule has 1 heteroatoms. The molecule has 70 valence electrons. The molecule has 0 radical (unpaired) electrons. The van der Waals surface area contributed by atoms with Crippen LogP contribution in [0.1, 0.15) is 25.0 Å². The van der Waals surface area contributed by atoms with Gasteiger partial charge in [-0.2, -0.15) is 0 Å². The third kappa shape index (κ3) is 4.26. The van der Waals surface area contributed by atoms with Gasteiger partial charge in [0, 0.05) is 12.4 Å². The van der Waals surface area contributed by atoms with Gasteiger partial charge in [0.25, 0.3) is 0 Å². The fourth-order valence-corrected chi connectivity index (χ4v) is 0.865. The first kappa shape index (κ1) is 11.6. The molecule has 0 saturated heterocycles. The topological polar surface area (TPSA) is 12.4 Å². The molecule has 1 rings (SSSR count). The zero-order valence-electron chi connectivity index (χ0n) is 8.62. The van der Waals surface area contributed by atoms with Gasteiger partial charge >= 0.3 is 0 Å². The molecule has 0 amide bonds. The maximum Gasteiger partial charge on any atom is 0.0342 e. The van der Waals surface area contributed by atoms with E-state index >= 15 is 0 Å². The number of rotatable bonds is 2. The lowest BCUT2D eigenvalue weighted by molar-refractivity contribution is 1.44. The smallest absolute Gasteiger partial charge is 0.0342 e. The Balaban J connectivity index is 0.000000671. The number of aliphatic imine (C=N–C) groups is 1. The Labute approximate surface area is 80.8 Å². The first-order valence-corrected chi connectivity index (χ1v) is 4.54. The predicted octanol–water partition coefficient (Wildman–Crippen LogP) is 3.58. The summed E-state index contributed by atoms with van der Waals surface area (Å²) < 4.78 is 0. The second-order valence-electron chi connectivity index (χ2n) is 2.32. The van der Waals surface area contributed by atoms with Crippen molar-refractivity contribution in [2.24, 2.45) is 4.99 Å². The Morgan fingerprint density at radius 2 is 1.85 bits per heavy atom. The minimum Gasteiger partial charge on any atom is -0.265 e. The molecule has 0 fully saturated rings. The molecular weight excluding hydrogens is 158 g/mol. The van der Waals surface area contributed by atoms with Gasteiger partial charge in [-0.25, -0.2) is 0 Å². The van der Waals surface area contributed by atoms with Crippen LogP contribution in [-0.2, 0) is 0 Å². The average Bonchev–Trinajstić information content (AvgIpc) is 2.20. The second kappa shape index (κ2) is 7.29. The molecule has 0 saturated carbocycles. The number of benzene rings is 1. The van der Waals surface area contributed by atoms with Crippen LogP contribution in [-0.4, -0.2) is 6.21 Å². The van der Waals surface area contributed by atoms with E-state index in [0.717, 1.165) is 5.56 Å². The molecule has 0 aromatic heterocycles. The van der Waals surface area contributed by atoms with Crippen LogP contribution in [0.2, 0.25) is 0 Å². The van der Waals surface area contributed by atoms with Crippen molar-refractivity contribution < 1.29 is 0 Å². The van der Waals surface area contributed by atoms with Crippen molar-refractivity contribution in [3.63, 3.8) is 0 Å². The summed E-state index contributed by atoms with van der Waals surface area (Å²) in [6.45, 7) is 9.57. The zero-order valence-corrected chi connectivity index (χ0v) is 8.62. The van der Waals surface area contributed by atoms with E-state index in [1.165, 1.54) is 11.8 Å². The number of aryl methyl sites for hydroxylation is 1. The fourth-order valence-electron chi connectivity index (χ4n) is 0.865. The Morgan fingerprint density at radius 3 is 2.38 bits per heavy atom. The number of hydrogen-bond acceptors (Lipinski definition) is 1. The van der Waals surface area contributed by atoms with Crippen LogP contribution in [0.4, 0.5) is 0 Å².